The van der Waals surface area contributed by atoms with Gasteiger partial charge in [0, 0.05) is 12.8 Å². The summed E-state index contributed by atoms with van der Waals surface area (Å²) in [7, 11) is 0. The molecule has 5 nitrogen and oxygen atoms in total. The largest absolute Gasteiger partial charge is 0.462 e. The zero-order chi connectivity index (χ0) is 63.3. The van der Waals surface area contributed by atoms with Crippen LogP contribution in [0.2, 0.25) is 0 Å². The average Bonchev–Trinajstić information content (AvgIpc) is 3.56. The van der Waals surface area contributed by atoms with Crippen molar-refractivity contribution in [3.05, 3.63) is 158 Å². The second kappa shape index (κ2) is 76.8. The van der Waals surface area contributed by atoms with Gasteiger partial charge >= 0.3 is 11.9 Å². The van der Waals surface area contributed by atoms with Gasteiger partial charge < -0.3 is 14.6 Å². The van der Waals surface area contributed by atoms with Gasteiger partial charge in [-0.3, -0.25) is 9.59 Å². The molecule has 0 aliphatic carbocycles. The van der Waals surface area contributed by atoms with Crippen molar-refractivity contribution in [2.24, 2.45) is 0 Å². The van der Waals surface area contributed by atoms with E-state index in [2.05, 4.69) is 172 Å². The number of esters is 2. The number of ether oxygens (including phenoxy) is 2. The van der Waals surface area contributed by atoms with E-state index in [-0.39, 0.29) is 25.2 Å². The third-order valence-electron chi connectivity index (χ3n) is 15.8. The molecule has 0 aliphatic rings. The predicted octanol–water partition coefficient (Wildman–Crippen LogP) is 26.2. The lowest BCUT2D eigenvalue weighted by Gasteiger charge is -2.15. The summed E-state index contributed by atoms with van der Waals surface area (Å²) in [5.41, 5.74) is 0. The first kappa shape index (κ1) is 83.5. The van der Waals surface area contributed by atoms with E-state index < -0.39 is 6.10 Å². The first-order chi connectivity index (χ1) is 43.6. The van der Waals surface area contributed by atoms with Gasteiger partial charge in [-0.05, 0) is 122 Å². The van der Waals surface area contributed by atoms with Gasteiger partial charge in [-0.15, -0.1) is 0 Å². The van der Waals surface area contributed by atoms with Gasteiger partial charge in [0.15, 0.2) is 6.10 Å². The Morgan fingerprint density at radius 2 is 0.455 bits per heavy atom. The van der Waals surface area contributed by atoms with E-state index in [0.29, 0.717) is 12.8 Å². The van der Waals surface area contributed by atoms with Crippen molar-refractivity contribution in [1.82, 2.24) is 0 Å². The lowest BCUT2D eigenvalue weighted by Crippen LogP contribution is -2.28. The summed E-state index contributed by atoms with van der Waals surface area (Å²) in [5.74, 6) is -0.588. The Bertz CT molecular complexity index is 1860. The van der Waals surface area contributed by atoms with Crippen LogP contribution in [0.4, 0.5) is 0 Å². The van der Waals surface area contributed by atoms with Crippen molar-refractivity contribution in [3.8, 4) is 0 Å². The minimum atomic E-state index is -0.783. The molecule has 0 aliphatic heterocycles. The molecule has 0 aromatic carbocycles. The Labute approximate surface area is 545 Å². The summed E-state index contributed by atoms with van der Waals surface area (Å²) in [4.78, 5) is 24.7. The summed E-state index contributed by atoms with van der Waals surface area (Å²) >= 11 is 0. The first-order valence-corrected chi connectivity index (χ1v) is 37.0. The molecule has 0 radical (unpaired) electrons. The lowest BCUT2D eigenvalue weighted by molar-refractivity contribution is -0.161. The van der Waals surface area contributed by atoms with E-state index in [9.17, 15) is 14.7 Å². The van der Waals surface area contributed by atoms with E-state index in [4.69, 9.17) is 9.47 Å². The highest BCUT2D eigenvalue weighted by Crippen LogP contribution is 2.18. The average molecular weight is 1220 g/mol. The molecule has 5 heteroatoms. The summed E-state index contributed by atoms with van der Waals surface area (Å²) in [6, 6.07) is 0. The molecule has 500 valence electrons. The normalized spacial score (nSPS) is 13.2. The Balaban J connectivity index is 3.47. The Morgan fingerprint density at radius 3 is 0.682 bits per heavy atom. The quantitative estimate of drug-likeness (QED) is 0.0373. The molecule has 0 bridgehead atoms. The molecule has 0 saturated carbocycles. The van der Waals surface area contributed by atoms with Crippen LogP contribution < -0.4 is 0 Å². The molecule has 0 spiro atoms. The van der Waals surface area contributed by atoms with Gasteiger partial charge in [0.1, 0.15) is 6.61 Å². The van der Waals surface area contributed by atoms with Crippen LogP contribution in [-0.2, 0) is 19.1 Å². The lowest BCUT2D eigenvalue weighted by atomic mass is 10.0. The van der Waals surface area contributed by atoms with Gasteiger partial charge in [0.05, 0.1) is 6.61 Å². The fourth-order valence-electron chi connectivity index (χ4n) is 10.4. The molecule has 0 aromatic rings. The number of rotatable bonds is 67. The minimum Gasteiger partial charge on any atom is -0.462 e. The summed E-state index contributed by atoms with van der Waals surface area (Å²) in [6.45, 7) is 3.93. The van der Waals surface area contributed by atoms with Crippen LogP contribution in [0, 0.1) is 0 Å². The summed E-state index contributed by atoms with van der Waals surface area (Å²) < 4.78 is 10.8. The van der Waals surface area contributed by atoms with Gasteiger partial charge in [-0.25, -0.2) is 0 Å². The monoisotopic (exact) mass is 1220 g/mol. The van der Waals surface area contributed by atoms with Crippen LogP contribution >= 0.6 is 0 Å². The van der Waals surface area contributed by atoms with E-state index >= 15 is 0 Å². The fourth-order valence-corrected chi connectivity index (χ4v) is 10.4. The number of hydrogen-bond donors (Lipinski definition) is 1. The fraction of sp³-hybridized carbons (Fsp3) is 0.663. The molecular weight excluding hydrogens is 1080 g/mol. The highest BCUT2D eigenvalue weighted by molar-refractivity contribution is 5.70. The third-order valence-corrected chi connectivity index (χ3v) is 15.8. The number of allylic oxidation sites excluding steroid dienone is 26. The molecule has 0 saturated heterocycles. The van der Waals surface area contributed by atoms with Crippen LogP contribution in [0.5, 0.6) is 0 Å². The number of aliphatic hydroxyl groups excluding tert-OH is 1. The summed E-state index contributed by atoms with van der Waals surface area (Å²) in [6.07, 6.45) is 117. The molecule has 0 heterocycles. The van der Waals surface area contributed by atoms with Crippen LogP contribution in [0.3, 0.4) is 0 Å². The zero-order valence-electron chi connectivity index (χ0n) is 57.4. The van der Waals surface area contributed by atoms with Crippen molar-refractivity contribution in [2.75, 3.05) is 13.2 Å². The highest BCUT2D eigenvalue weighted by atomic mass is 16.6. The first-order valence-electron chi connectivity index (χ1n) is 37.0. The molecule has 88 heavy (non-hydrogen) atoms. The standard InChI is InChI=1S/C83H138O5/c1-3-5-7-9-11-13-15-17-19-21-23-25-27-29-31-33-35-37-38-39-40-41-42-43-44-46-47-49-51-53-55-57-59-61-63-65-67-69-71-73-75-77-82(85)87-80-81(79-84)88-83(86)78-76-74-72-70-68-66-64-62-60-58-56-54-52-50-48-45-36-34-32-30-28-26-24-22-20-18-16-14-12-10-8-6-4-2/h5-8,11-14,17-20,23-26,29-32,35-37,45,50,52,81,84H,3-4,9-10,15-16,21-22,27-28,33-34,38-44,46-49,51,53-80H2,1-2H3/b7-5-,8-6-,13-11-,14-12-,19-17-,20-18-,25-23-,26-24-,31-29-,32-30-,37-35-,45-36-,52-50-. The third kappa shape index (κ3) is 74.0. The van der Waals surface area contributed by atoms with Crippen molar-refractivity contribution in [1.29, 1.82) is 0 Å². The number of hydrogen-bond acceptors (Lipinski definition) is 5. The molecule has 0 aromatic heterocycles. The molecule has 1 N–H and O–H groups in total. The van der Waals surface area contributed by atoms with Crippen molar-refractivity contribution in [3.63, 3.8) is 0 Å². The van der Waals surface area contributed by atoms with E-state index in [1.54, 1.807) is 0 Å². The molecule has 0 amide bonds. The predicted molar refractivity (Wildman–Crippen MR) is 389 cm³/mol. The number of aliphatic hydroxyl groups is 1. The second-order valence-corrected chi connectivity index (χ2v) is 24.3. The SMILES string of the molecule is CC/C=C\C/C=C\C/C=C\C/C=C\C/C=C\C/C=C\C/C=C\CCCCCCCCCCCCCC(=O)OC(CO)COC(=O)CCCCCCCCCCCCCCCCCCCCCCCC/C=C\C/C=C\C/C=C\C/C=C\C/C=C\C/C=C\CC. The molecule has 0 fully saturated rings. The van der Waals surface area contributed by atoms with E-state index in [1.165, 1.54) is 186 Å². The van der Waals surface area contributed by atoms with Gasteiger partial charge in [0.25, 0.3) is 0 Å². The number of carbonyl (C=O) groups excluding carboxylic acids is 2. The van der Waals surface area contributed by atoms with Crippen LogP contribution in [0.25, 0.3) is 0 Å². The summed E-state index contributed by atoms with van der Waals surface area (Å²) in [5, 5.41) is 9.72. The Hall–Kier alpha value is -4.48. The Morgan fingerprint density at radius 1 is 0.261 bits per heavy atom. The van der Waals surface area contributed by atoms with Crippen molar-refractivity contribution < 1.29 is 24.2 Å². The van der Waals surface area contributed by atoms with Gasteiger partial charge in [-0.1, -0.05) is 358 Å². The number of carbonyl (C=O) groups is 2. The van der Waals surface area contributed by atoms with E-state index in [0.717, 1.165) is 122 Å². The molecule has 1 unspecified atom stereocenters. The van der Waals surface area contributed by atoms with Crippen LogP contribution in [0.1, 0.15) is 335 Å². The van der Waals surface area contributed by atoms with E-state index in [1.807, 2.05) is 0 Å². The maximum Gasteiger partial charge on any atom is 0.306 e. The Kier molecular flexibility index (Phi) is 72.9. The maximum atomic E-state index is 12.4. The highest BCUT2D eigenvalue weighted by Gasteiger charge is 2.16. The molecule has 0 rings (SSSR count). The molecule has 1 atom stereocenters. The smallest absolute Gasteiger partial charge is 0.306 e. The molecular formula is C83H138O5. The maximum absolute atomic E-state index is 12.4. The van der Waals surface area contributed by atoms with Crippen LogP contribution in [0.15, 0.2) is 158 Å². The van der Waals surface area contributed by atoms with Crippen molar-refractivity contribution in [2.45, 2.75) is 341 Å². The number of unbranched alkanes of at least 4 members (excludes halogenated alkanes) is 33. The topological polar surface area (TPSA) is 72.8 Å². The second-order valence-electron chi connectivity index (χ2n) is 24.3. The van der Waals surface area contributed by atoms with Gasteiger partial charge in [-0.2, -0.15) is 0 Å². The zero-order valence-corrected chi connectivity index (χ0v) is 57.4. The van der Waals surface area contributed by atoms with Crippen molar-refractivity contribution >= 4 is 11.9 Å². The van der Waals surface area contributed by atoms with Crippen LogP contribution in [-0.4, -0.2) is 36.4 Å². The minimum absolute atomic E-state index is 0.0708. The van der Waals surface area contributed by atoms with Gasteiger partial charge in [0.2, 0.25) is 0 Å².